The summed E-state index contributed by atoms with van der Waals surface area (Å²) in [5.74, 6) is 1.71. The van der Waals surface area contributed by atoms with Crippen molar-refractivity contribution in [3.63, 3.8) is 0 Å². The Bertz CT molecular complexity index is 776. The zero-order valence-corrected chi connectivity index (χ0v) is 17.3. The summed E-state index contributed by atoms with van der Waals surface area (Å²) < 4.78 is 11.3. The molecule has 3 rings (SSSR count). The van der Waals surface area contributed by atoms with E-state index in [1.165, 1.54) is 0 Å². The quantitative estimate of drug-likeness (QED) is 0.762. The number of amides is 1. The molecule has 1 aliphatic heterocycles. The number of methoxy groups -OCH3 is 1. The average molecular weight is 383 g/mol. The van der Waals surface area contributed by atoms with Crippen LogP contribution in [0.4, 0.5) is 5.69 Å². The van der Waals surface area contributed by atoms with Crippen molar-refractivity contribution in [2.75, 3.05) is 38.2 Å². The van der Waals surface area contributed by atoms with Gasteiger partial charge in [-0.25, -0.2) is 0 Å². The van der Waals surface area contributed by atoms with E-state index in [1.54, 1.807) is 7.11 Å². The molecule has 5 heteroatoms. The lowest BCUT2D eigenvalue weighted by Crippen LogP contribution is -2.52. The molecule has 1 fully saturated rings. The van der Waals surface area contributed by atoms with Gasteiger partial charge in [-0.3, -0.25) is 4.79 Å². The minimum atomic E-state index is -0.436. The molecule has 0 N–H and O–H groups in total. The van der Waals surface area contributed by atoms with Gasteiger partial charge in [-0.15, -0.1) is 0 Å². The number of carbonyl (C=O) groups excluding carboxylic acids is 1. The van der Waals surface area contributed by atoms with Crippen LogP contribution in [0, 0.1) is 13.8 Å². The van der Waals surface area contributed by atoms with Crippen LogP contribution in [0.15, 0.2) is 42.5 Å². The third-order valence-corrected chi connectivity index (χ3v) is 5.15. The molecular formula is C23H30N2O3. The molecule has 1 saturated heterocycles. The predicted molar refractivity (Wildman–Crippen MR) is 112 cm³/mol. The number of nitrogens with zero attached hydrogens (tertiary/aromatic N) is 2. The zero-order valence-electron chi connectivity index (χ0n) is 17.3. The summed E-state index contributed by atoms with van der Waals surface area (Å²) >= 11 is 0. The molecule has 2 aromatic rings. The SMILES string of the molecule is CC[C@@H](Oc1cc(C)cc(C)c1)C(=O)N1CCN(c2ccc(OC)cc2)CC1. The molecule has 28 heavy (non-hydrogen) atoms. The number of rotatable bonds is 6. The van der Waals surface area contributed by atoms with Crippen LogP contribution in [0.1, 0.15) is 24.5 Å². The first-order chi connectivity index (χ1) is 13.5. The number of hydrogen-bond acceptors (Lipinski definition) is 4. The number of carbonyl (C=O) groups is 1. The second kappa shape index (κ2) is 9.00. The van der Waals surface area contributed by atoms with Gasteiger partial charge in [-0.1, -0.05) is 13.0 Å². The lowest BCUT2D eigenvalue weighted by atomic mass is 10.1. The van der Waals surface area contributed by atoms with Crippen molar-refractivity contribution in [1.82, 2.24) is 4.90 Å². The topological polar surface area (TPSA) is 42.0 Å². The Hall–Kier alpha value is -2.69. The van der Waals surface area contributed by atoms with E-state index in [2.05, 4.69) is 23.1 Å². The summed E-state index contributed by atoms with van der Waals surface area (Å²) in [5.41, 5.74) is 3.45. The summed E-state index contributed by atoms with van der Waals surface area (Å²) in [5, 5.41) is 0. The van der Waals surface area contributed by atoms with E-state index >= 15 is 0 Å². The van der Waals surface area contributed by atoms with E-state index in [-0.39, 0.29) is 5.91 Å². The molecule has 5 nitrogen and oxygen atoms in total. The maximum atomic E-state index is 13.0. The summed E-state index contributed by atoms with van der Waals surface area (Å²) in [6.07, 6.45) is 0.221. The van der Waals surface area contributed by atoms with Gasteiger partial charge in [0.1, 0.15) is 11.5 Å². The highest BCUT2D eigenvalue weighted by Gasteiger charge is 2.28. The molecule has 1 atom stereocenters. The lowest BCUT2D eigenvalue weighted by molar-refractivity contribution is -0.139. The number of piperazine rings is 1. The Balaban J connectivity index is 1.59. The van der Waals surface area contributed by atoms with Crippen molar-refractivity contribution in [2.24, 2.45) is 0 Å². The van der Waals surface area contributed by atoms with Gasteiger partial charge in [0.2, 0.25) is 0 Å². The summed E-state index contributed by atoms with van der Waals surface area (Å²) in [4.78, 5) is 17.2. The lowest BCUT2D eigenvalue weighted by Gasteiger charge is -2.37. The van der Waals surface area contributed by atoms with Crippen molar-refractivity contribution < 1.29 is 14.3 Å². The van der Waals surface area contributed by atoms with E-state index in [1.807, 2.05) is 49.9 Å². The molecule has 0 bridgehead atoms. The molecule has 0 aromatic heterocycles. The molecular weight excluding hydrogens is 352 g/mol. The van der Waals surface area contributed by atoms with Crippen LogP contribution in [-0.2, 0) is 4.79 Å². The fraction of sp³-hybridized carbons (Fsp3) is 0.435. The van der Waals surface area contributed by atoms with Gasteiger partial charge in [0.25, 0.3) is 5.91 Å². The Morgan fingerprint density at radius 1 is 0.964 bits per heavy atom. The van der Waals surface area contributed by atoms with E-state index in [0.29, 0.717) is 19.5 Å². The second-order valence-corrected chi connectivity index (χ2v) is 7.35. The Morgan fingerprint density at radius 3 is 2.11 bits per heavy atom. The van der Waals surface area contributed by atoms with Crippen molar-refractivity contribution in [1.29, 1.82) is 0 Å². The Kier molecular flexibility index (Phi) is 6.45. The minimum Gasteiger partial charge on any atom is -0.497 e. The number of hydrogen-bond donors (Lipinski definition) is 0. The second-order valence-electron chi connectivity index (χ2n) is 7.35. The minimum absolute atomic E-state index is 0.0797. The molecule has 0 spiro atoms. The van der Waals surface area contributed by atoms with E-state index in [9.17, 15) is 4.79 Å². The third-order valence-electron chi connectivity index (χ3n) is 5.15. The van der Waals surface area contributed by atoms with Gasteiger partial charge >= 0.3 is 0 Å². The van der Waals surface area contributed by atoms with Crippen molar-refractivity contribution in [2.45, 2.75) is 33.3 Å². The molecule has 0 unspecified atom stereocenters. The number of benzene rings is 2. The molecule has 0 radical (unpaired) electrons. The molecule has 1 aliphatic rings. The maximum absolute atomic E-state index is 13.0. The largest absolute Gasteiger partial charge is 0.497 e. The van der Waals surface area contributed by atoms with Crippen LogP contribution in [-0.4, -0.2) is 50.2 Å². The van der Waals surface area contributed by atoms with Crippen LogP contribution < -0.4 is 14.4 Å². The summed E-state index contributed by atoms with van der Waals surface area (Å²) in [6, 6.07) is 14.2. The van der Waals surface area contributed by atoms with Gasteiger partial charge in [0.05, 0.1) is 7.11 Å². The van der Waals surface area contributed by atoms with E-state index < -0.39 is 6.10 Å². The van der Waals surface area contributed by atoms with Crippen LogP contribution in [0.3, 0.4) is 0 Å². The van der Waals surface area contributed by atoms with Crippen LogP contribution in [0.25, 0.3) is 0 Å². The van der Waals surface area contributed by atoms with Crippen molar-refractivity contribution in [3.05, 3.63) is 53.6 Å². The zero-order chi connectivity index (χ0) is 20.1. The molecule has 0 aliphatic carbocycles. The highest BCUT2D eigenvalue weighted by atomic mass is 16.5. The van der Waals surface area contributed by atoms with Gasteiger partial charge in [0.15, 0.2) is 6.10 Å². The highest BCUT2D eigenvalue weighted by Crippen LogP contribution is 2.22. The molecule has 0 saturated carbocycles. The molecule has 150 valence electrons. The molecule has 1 heterocycles. The molecule has 2 aromatic carbocycles. The summed E-state index contributed by atoms with van der Waals surface area (Å²) in [6.45, 7) is 9.13. The maximum Gasteiger partial charge on any atom is 0.263 e. The fourth-order valence-electron chi connectivity index (χ4n) is 3.66. The molecule has 1 amide bonds. The highest BCUT2D eigenvalue weighted by molar-refractivity contribution is 5.81. The normalized spacial score (nSPS) is 15.3. The smallest absolute Gasteiger partial charge is 0.263 e. The fourth-order valence-corrected chi connectivity index (χ4v) is 3.66. The first kappa shape index (κ1) is 20.1. The summed E-state index contributed by atoms with van der Waals surface area (Å²) in [7, 11) is 1.67. The van der Waals surface area contributed by atoms with E-state index in [4.69, 9.17) is 9.47 Å². The standard InChI is InChI=1S/C23H30N2O3/c1-5-22(28-21-15-17(2)14-18(3)16-21)23(26)25-12-10-24(11-13-25)19-6-8-20(27-4)9-7-19/h6-9,14-16,22H,5,10-13H2,1-4H3/t22-/m1/s1. The Labute approximate surface area is 167 Å². The Morgan fingerprint density at radius 2 is 1.57 bits per heavy atom. The number of anilines is 1. The van der Waals surface area contributed by atoms with Gasteiger partial charge in [-0.05, 0) is 67.8 Å². The van der Waals surface area contributed by atoms with Crippen molar-refractivity contribution >= 4 is 11.6 Å². The predicted octanol–water partition coefficient (Wildman–Crippen LogP) is 3.82. The van der Waals surface area contributed by atoms with Gasteiger partial charge < -0.3 is 19.3 Å². The number of aryl methyl sites for hydroxylation is 2. The van der Waals surface area contributed by atoms with Crippen molar-refractivity contribution in [3.8, 4) is 11.5 Å². The van der Waals surface area contributed by atoms with Gasteiger partial charge in [-0.2, -0.15) is 0 Å². The monoisotopic (exact) mass is 382 g/mol. The van der Waals surface area contributed by atoms with Gasteiger partial charge in [0, 0.05) is 31.9 Å². The average Bonchev–Trinajstić information content (AvgIpc) is 2.71. The van der Waals surface area contributed by atoms with Crippen LogP contribution >= 0.6 is 0 Å². The van der Waals surface area contributed by atoms with Crippen LogP contribution in [0.2, 0.25) is 0 Å². The number of ether oxygens (including phenoxy) is 2. The first-order valence-corrected chi connectivity index (χ1v) is 9.93. The first-order valence-electron chi connectivity index (χ1n) is 9.93. The van der Waals surface area contributed by atoms with Crippen LogP contribution in [0.5, 0.6) is 11.5 Å². The third kappa shape index (κ3) is 4.77. The van der Waals surface area contributed by atoms with E-state index in [0.717, 1.165) is 41.4 Å².